The van der Waals surface area contributed by atoms with Crippen LogP contribution in [-0.4, -0.2) is 60.1 Å². The molecule has 0 radical (unpaired) electrons. The molecule has 0 aromatic heterocycles. The summed E-state index contributed by atoms with van der Waals surface area (Å²) in [5.74, 6) is -1.98. The minimum Gasteiger partial charge on any atom is -0.480 e. The number of methoxy groups -OCH3 is 1. The van der Waals surface area contributed by atoms with E-state index in [0.717, 1.165) is 4.90 Å². The van der Waals surface area contributed by atoms with Gasteiger partial charge >= 0.3 is 12.0 Å². The number of imide groups is 1. The van der Waals surface area contributed by atoms with Crippen molar-refractivity contribution in [2.24, 2.45) is 0 Å². The molecule has 1 aliphatic heterocycles. The van der Waals surface area contributed by atoms with Gasteiger partial charge in [0.25, 0.3) is 11.8 Å². The second-order valence-electron chi connectivity index (χ2n) is 5.53. The SMILES string of the molecule is COCCCN1C(=O)c2ccc(NC(=O)NC(C)C(=O)O)cc2C1=O. The van der Waals surface area contributed by atoms with E-state index in [1.54, 1.807) is 0 Å². The maximum atomic E-state index is 12.4. The lowest BCUT2D eigenvalue weighted by atomic mass is 10.1. The molecule has 134 valence electrons. The minimum atomic E-state index is -1.17. The molecule has 9 nitrogen and oxygen atoms in total. The topological polar surface area (TPSA) is 125 Å². The average molecular weight is 349 g/mol. The Morgan fingerprint density at radius 2 is 1.92 bits per heavy atom. The van der Waals surface area contributed by atoms with Gasteiger partial charge in [-0.3, -0.25) is 19.3 Å². The van der Waals surface area contributed by atoms with Crippen LogP contribution in [0.25, 0.3) is 0 Å². The fourth-order valence-corrected chi connectivity index (χ4v) is 2.36. The van der Waals surface area contributed by atoms with Crippen LogP contribution < -0.4 is 10.6 Å². The van der Waals surface area contributed by atoms with Crippen molar-refractivity contribution in [3.05, 3.63) is 29.3 Å². The molecular weight excluding hydrogens is 330 g/mol. The van der Waals surface area contributed by atoms with Gasteiger partial charge in [0.1, 0.15) is 6.04 Å². The summed E-state index contributed by atoms with van der Waals surface area (Å²) in [4.78, 5) is 48.2. The fourth-order valence-electron chi connectivity index (χ4n) is 2.36. The standard InChI is InChI=1S/C16H19N3O6/c1-9(15(22)23)17-16(24)18-10-4-5-11-12(8-10)14(21)19(13(11)20)6-3-7-25-2/h4-5,8-9H,3,6-7H2,1-2H3,(H,22,23)(H2,17,18,24). The van der Waals surface area contributed by atoms with Crippen LogP contribution >= 0.6 is 0 Å². The predicted octanol–water partition coefficient (Wildman–Crippen LogP) is 0.914. The van der Waals surface area contributed by atoms with E-state index >= 15 is 0 Å². The van der Waals surface area contributed by atoms with Crippen molar-refractivity contribution in [2.75, 3.05) is 25.6 Å². The second kappa shape index (κ2) is 7.75. The number of nitrogens with zero attached hydrogens (tertiary/aromatic N) is 1. The summed E-state index contributed by atoms with van der Waals surface area (Å²) >= 11 is 0. The van der Waals surface area contributed by atoms with Gasteiger partial charge in [0.2, 0.25) is 0 Å². The van der Waals surface area contributed by atoms with Crippen LogP contribution in [0.15, 0.2) is 18.2 Å². The van der Waals surface area contributed by atoms with Crippen LogP contribution in [0.3, 0.4) is 0 Å². The van der Waals surface area contributed by atoms with Crippen LogP contribution in [0.1, 0.15) is 34.1 Å². The van der Waals surface area contributed by atoms with Gasteiger partial charge in [0.05, 0.1) is 11.1 Å². The van der Waals surface area contributed by atoms with Crippen molar-refractivity contribution < 1.29 is 29.0 Å². The summed E-state index contributed by atoms with van der Waals surface area (Å²) in [7, 11) is 1.54. The van der Waals surface area contributed by atoms with Crippen LogP contribution in [0.5, 0.6) is 0 Å². The van der Waals surface area contributed by atoms with Gasteiger partial charge in [-0.1, -0.05) is 0 Å². The Hall–Kier alpha value is -2.94. The number of hydrogen-bond donors (Lipinski definition) is 3. The van der Waals surface area contributed by atoms with Gasteiger partial charge in [-0.25, -0.2) is 4.79 Å². The lowest BCUT2D eigenvalue weighted by Crippen LogP contribution is -2.40. The number of amides is 4. The third-order valence-electron chi connectivity index (χ3n) is 3.68. The number of nitrogens with one attached hydrogen (secondary N) is 2. The maximum Gasteiger partial charge on any atom is 0.325 e. The molecule has 1 unspecified atom stereocenters. The van der Waals surface area contributed by atoms with Gasteiger partial charge in [-0.05, 0) is 31.5 Å². The van der Waals surface area contributed by atoms with E-state index in [9.17, 15) is 19.2 Å². The third-order valence-corrected chi connectivity index (χ3v) is 3.68. The Bertz CT molecular complexity index is 718. The summed E-state index contributed by atoms with van der Waals surface area (Å²) in [5.41, 5.74) is 0.757. The smallest absolute Gasteiger partial charge is 0.325 e. The third kappa shape index (κ3) is 4.13. The monoisotopic (exact) mass is 349 g/mol. The van der Waals surface area contributed by atoms with E-state index in [2.05, 4.69) is 10.6 Å². The van der Waals surface area contributed by atoms with Gasteiger partial charge in [0.15, 0.2) is 0 Å². The summed E-state index contributed by atoms with van der Waals surface area (Å²) in [6.45, 7) is 2.01. The van der Waals surface area contributed by atoms with Gasteiger partial charge < -0.3 is 20.5 Å². The zero-order chi connectivity index (χ0) is 18.6. The summed E-state index contributed by atoms with van der Waals surface area (Å²) < 4.78 is 4.92. The van der Waals surface area contributed by atoms with Crippen LogP contribution in [0.4, 0.5) is 10.5 Å². The molecule has 0 bridgehead atoms. The average Bonchev–Trinajstić information content (AvgIpc) is 2.79. The van der Waals surface area contributed by atoms with Crippen molar-refractivity contribution in [1.29, 1.82) is 0 Å². The zero-order valence-electron chi connectivity index (χ0n) is 13.9. The lowest BCUT2D eigenvalue weighted by Gasteiger charge is -2.12. The number of anilines is 1. The Balaban J connectivity index is 2.08. The molecule has 3 N–H and O–H groups in total. The molecule has 1 aliphatic rings. The first kappa shape index (κ1) is 18.4. The molecular formula is C16H19N3O6. The fraction of sp³-hybridized carbons (Fsp3) is 0.375. The zero-order valence-corrected chi connectivity index (χ0v) is 13.9. The first-order valence-corrected chi connectivity index (χ1v) is 7.64. The van der Waals surface area contributed by atoms with Gasteiger partial charge in [0, 0.05) is 25.9 Å². The van der Waals surface area contributed by atoms with E-state index in [1.807, 2.05) is 0 Å². The molecule has 2 rings (SSSR count). The number of carbonyl (C=O) groups excluding carboxylic acids is 3. The Labute approximate surface area is 143 Å². The van der Waals surface area contributed by atoms with Crippen LogP contribution in [0, 0.1) is 0 Å². The molecule has 4 amide bonds. The number of ether oxygens (including phenoxy) is 1. The molecule has 0 saturated heterocycles. The number of carbonyl (C=O) groups is 4. The van der Waals surface area contributed by atoms with Crippen LogP contribution in [-0.2, 0) is 9.53 Å². The van der Waals surface area contributed by atoms with E-state index in [-0.39, 0.29) is 29.3 Å². The van der Waals surface area contributed by atoms with Gasteiger partial charge in [-0.2, -0.15) is 0 Å². The second-order valence-corrected chi connectivity index (χ2v) is 5.53. The molecule has 1 heterocycles. The number of urea groups is 1. The Morgan fingerprint density at radius 3 is 2.56 bits per heavy atom. The summed E-state index contributed by atoms with van der Waals surface area (Å²) in [5, 5.41) is 13.4. The number of fused-ring (bicyclic) bond motifs is 1. The first-order valence-electron chi connectivity index (χ1n) is 7.64. The van der Waals surface area contributed by atoms with Crippen molar-refractivity contribution in [2.45, 2.75) is 19.4 Å². The number of benzene rings is 1. The molecule has 0 fully saturated rings. The molecule has 1 atom stereocenters. The van der Waals surface area contributed by atoms with Crippen LogP contribution in [0.2, 0.25) is 0 Å². The number of hydrogen-bond acceptors (Lipinski definition) is 5. The largest absolute Gasteiger partial charge is 0.480 e. The molecule has 1 aromatic rings. The quantitative estimate of drug-likeness (QED) is 0.496. The number of aliphatic carboxylic acids is 1. The van der Waals surface area contributed by atoms with E-state index in [4.69, 9.17) is 9.84 Å². The Morgan fingerprint density at radius 1 is 1.24 bits per heavy atom. The molecule has 9 heteroatoms. The number of carboxylic acid groups (broad SMARTS) is 1. The normalized spacial score (nSPS) is 14.2. The molecule has 0 saturated carbocycles. The number of carboxylic acids is 1. The highest BCUT2D eigenvalue weighted by atomic mass is 16.5. The summed E-state index contributed by atoms with van der Waals surface area (Å²) in [6, 6.07) is 2.56. The molecule has 25 heavy (non-hydrogen) atoms. The van der Waals surface area contributed by atoms with Gasteiger partial charge in [-0.15, -0.1) is 0 Å². The number of rotatable bonds is 7. The molecule has 0 aliphatic carbocycles. The van der Waals surface area contributed by atoms with E-state index < -0.39 is 23.9 Å². The molecule has 0 spiro atoms. The highest BCUT2D eigenvalue weighted by Crippen LogP contribution is 2.26. The van der Waals surface area contributed by atoms with Crippen molar-refractivity contribution in [1.82, 2.24) is 10.2 Å². The Kier molecular flexibility index (Phi) is 5.71. The summed E-state index contributed by atoms with van der Waals surface area (Å²) in [6.07, 6.45) is 0.530. The first-order chi connectivity index (χ1) is 11.8. The van der Waals surface area contributed by atoms with E-state index in [1.165, 1.54) is 32.2 Å². The van der Waals surface area contributed by atoms with Crippen molar-refractivity contribution in [3.8, 4) is 0 Å². The van der Waals surface area contributed by atoms with Crippen molar-refractivity contribution in [3.63, 3.8) is 0 Å². The van der Waals surface area contributed by atoms with Crippen molar-refractivity contribution >= 4 is 29.5 Å². The highest BCUT2D eigenvalue weighted by molar-refractivity contribution is 6.21. The predicted molar refractivity (Wildman–Crippen MR) is 87.6 cm³/mol. The maximum absolute atomic E-state index is 12.4. The highest BCUT2D eigenvalue weighted by Gasteiger charge is 2.35. The minimum absolute atomic E-state index is 0.200. The van der Waals surface area contributed by atoms with E-state index in [0.29, 0.717) is 13.0 Å². The molecule has 1 aromatic carbocycles. The lowest BCUT2D eigenvalue weighted by molar-refractivity contribution is -0.138.